The number of nitrogens with two attached hydrogens (primary N) is 3. The molecule has 0 heterocycles. The van der Waals surface area contributed by atoms with Crippen LogP contribution in [0.25, 0.3) is 0 Å². The molecule has 21 amide bonds. The fourth-order valence-electron chi connectivity index (χ4n) is 10.9. The molecule has 51 nitrogen and oxygen atoms in total. The van der Waals surface area contributed by atoms with Gasteiger partial charge in [-0.3, -0.25) is 115 Å². The molecule has 0 saturated carbocycles. The second-order valence-corrected chi connectivity index (χ2v) is 30.1. The van der Waals surface area contributed by atoms with E-state index in [-0.39, 0.29) is 38.1 Å². The first-order chi connectivity index (χ1) is 58.4. The summed E-state index contributed by atoms with van der Waals surface area (Å²) in [6, 6.07) is -19.6. The van der Waals surface area contributed by atoms with E-state index >= 15 is 0 Å². The quantitative estimate of drug-likeness (QED) is 0.0199. The predicted octanol–water partition coefficient (Wildman–Crippen LogP) is -12.3. The van der Waals surface area contributed by atoms with Crippen LogP contribution in [0.15, 0.2) is 0 Å². The summed E-state index contributed by atoms with van der Waals surface area (Å²) in [7, 11) is 0. The molecule has 704 valence electrons. The average Bonchev–Trinajstić information content (AvgIpc) is 0.847. The number of nitrogens with one attached hydrogen (secondary N) is 19. The minimum Gasteiger partial charge on any atom is -0.481 e. The smallest absolute Gasteiger partial charge is 0.305 e. The van der Waals surface area contributed by atoms with Crippen molar-refractivity contribution in [3.63, 3.8) is 0 Å². The van der Waals surface area contributed by atoms with Gasteiger partial charge in [0.25, 0.3) is 0 Å². The second kappa shape index (κ2) is 59.3. The summed E-state index contributed by atoms with van der Waals surface area (Å²) >= 11 is 5.43. The van der Waals surface area contributed by atoms with E-state index in [0.717, 1.165) is 13.8 Å². The summed E-state index contributed by atoms with van der Waals surface area (Å²) in [6.07, 6.45) is -6.42. The summed E-state index contributed by atoms with van der Waals surface area (Å²) < 4.78 is 0. The number of aliphatic carboxylic acids is 3. The van der Waals surface area contributed by atoms with Crippen molar-refractivity contribution in [2.75, 3.05) is 64.8 Å². The van der Waals surface area contributed by atoms with Crippen molar-refractivity contribution < 1.29 is 141 Å². The molecule has 0 fully saturated rings. The fourth-order valence-corrected chi connectivity index (χ4v) is 11.0. The topological polar surface area (TPSA) is 817 Å². The van der Waals surface area contributed by atoms with E-state index in [1.165, 1.54) is 27.7 Å². The monoisotopic (exact) mass is 1800 g/mol. The number of unbranched alkanes of at least 4 members (excludes halogenated alkanes) is 1. The molecule has 0 radical (unpaired) electrons. The van der Waals surface area contributed by atoms with Crippen LogP contribution in [0.3, 0.4) is 0 Å². The maximum Gasteiger partial charge on any atom is 0.305 e. The third-order valence-electron chi connectivity index (χ3n) is 18.0. The van der Waals surface area contributed by atoms with Crippen LogP contribution in [0.1, 0.15) is 146 Å². The highest BCUT2D eigenvalue weighted by molar-refractivity contribution is 6.27. The molecule has 30 N–H and O–H groups in total. The predicted molar refractivity (Wildman–Crippen MR) is 435 cm³/mol. The van der Waals surface area contributed by atoms with Gasteiger partial charge in [-0.2, -0.15) is 0 Å². The molecule has 125 heavy (non-hydrogen) atoms. The minimum atomic E-state index is -1.92. The Hall–Kier alpha value is -12.5. The van der Waals surface area contributed by atoms with Gasteiger partial charge in [-0.15, -0.1) is 11.6 Å². The lowest BCUT2D eigenvalue weighted by Crippen LogP contribution is -2.62. The van der Waals surface area contributed by atoms with Crippen molar-refractivity contribution in [3.05, 3.63) is 0 Å². The first-order valence-corrected chi connectivity index (χ1v) is 40.2. The van der Waals surface area contributed by atoms with Crippen molar-refractivity contribution in [3.8, 4) is 0 Å². The van der Waals surface area contributed by atoms with Crippen molar-refractivity contribution in [2.45, 2.75) is 225 Å². The molecule has 0 aromatic heterocycles. The molecule has 0 aromatic rings. The third-order valence-corrected chi connectivity index (χ3v) is 18.2. The number of carboxylic acid groups (broad SMARTS) is 3. The van der Waals surface area contributed by atoms with Crippen LogP contribution in [0, 0.1) is 23.7 Å². The molecular weight excluding hydrogens is 1680 g/mol. The van der Waals surface area contributed by atoms with E-state index in [9.17, 15) is 141 Å². The van der Waals surface area contributed by atoms with Gasteiger partial charge in [0.05, 0.1) is 64.9 Å². The molecule has 0 bridgehead atoms. The van der Waals surface area contributed by atoms with E-state index in [0.29, 0.717) is 6.42 Å². The maximum absolute atomic E-state index is 14.0. The number of alkyl halides is 1. The average molecular weight is 1810 g/mol. The van der Waals surface area contributed by atoms with Gasteiger partial charge in [0.2, 0.25) is 124 Å². The lowest BCUT2D eigenvalue weighted by molar-refractivity contribution is -0.141. The van der Waals surface area contributed by atoms with E-state index in [2.05, 4.69) is 90.4 Å². The summed E-state index contributed by atoms with van der Waals surface area (Å²) in [6.45, 7) is 8.83. The Bertz CT molecular complexity index is 3800. The molecule has 0 spiro atoms. The van der Waals surface area contributed by atoms with Gasteiger partial charge < -0.3 is 144 Å². The van der Waals surface area contributed by atoms with Crippen molar-refractivity contribution in [2.24, 2.45) is 40.9 Å². The number of carboxylic acids is 3. The van der Waals surface area contributed by atoms with Crippen LogP contribution < -0.4 is 118 Å². The minimum absolute atomic E-state index is 0.00908. The molecule has 14 atom stereocenters. The Morgan fingerprint density at radius 1 is 0.328 bits per heavy atom. The Labute approximate surface area is 723 Å². The summed E-state index contributed by atoms with van der Waals surface area (Å²) in [5.41, 5.74) is 15.9. The lowest BCUT2D eigenvalue weighted by atomic mass is 9.96. The van der Waals surface area contributed by atoms with Crippen molar-refractivity contribution in [1.29, 1.82) is 0 Å². The number of halogens is 1. The number of carbonyl (C=O) groups is 24. The molecule has 0 aromatic carbocycles. The number of amides is 21. The maximum atomic E-state index is 14.0. The molecule has 0 aliphatic rings. The van der Waals surface area contributed by atoms with Crippen molar-refractivity contribution in [1.82, 2.24) is 101 Å². The number of aliphatic hydroxyl groups is 2. The highest BCUT2D eigenvalue weighted by atomic mass is 35.5. The Balaban J connectivity index is 6.15. The van der Waals surface area contributed by atoms with Gasteiger partial charge in [0, 0.05) is 19.3 Å². The number of rotatable bonds is 62. The van der Waals surface area contributed by atoms with Crippen LogP contribution in [0.2, 0.25) is 0 Å². The van der Waals surface area contributed by atoms with E-state index in [1.807, 2.05) is 10.6 Å². The molecule has 0 rings (SSSR count). The molecular formula is C73H121ClN22O29. The van der Waals surface area contributed by atoms with Gasteiger partial charge in [-0.25, -0.2) is 0 Å². The molecule has 0 unspecified atom stereocenters. The number of hydrogen-bond acceptors (Lipinski definition) is 27. The van der Waals surface area contributed by atoms with E-state index in [4.69, 9.17) is 28.8 Å². The molecule has 0 saturated heterocycles. The zero-order chi connectivity index (χ0) is 95.7. The Morgan fingerprint density at radius 2 is 0.688 bits per heavy atom. The zero-order valence-corrected chi connectivity index (χ0v) is 71.8. The summed E-state index contributed by atoms with van der Waals surface area (Å²) in [4.78, 5) is 310. The van der Waals surface area contributed by atoms with Gasteiger partial charge >= 0.3 is 17.9 Å². The number of aliphatic hydroxyl groups excluding tert-OH is 2. The van der Waals surface area contributed by atoms with Gasteiger partial charge in [-0.05, 0) is 89.0 Å². The summed E-state index contributed by atoms with van der Waals surface area (Å²) in [5, 5.41) is 92.4. The van der Waals surface area contributed by atoms with Crippen molar-refractivity contribution >= 4 is 154 Å². The summed E-state index contributed by atoms with van der Waals surface area (Å²) in [5.74, 6) is -29.0. The highest BCUT2D eigenvalue weighted by Gasteiger charge is 2.39. The van der Waals surface area contributed by atoms with E-state index < -0.39 is 342 Å². The normalized spacial score (nSPS) is 14.3. The molecule has 0 aliphatic heterocycles. The van der Waals surface area contributed by atoms with Crippen LogP contribution in [0.4, 0.5) is 0 Å². The van der Waals surface area contributed by atoms with Crippen LogP contribution in [-0.2, 0) is 115 Å². The zero-order valence-electron chi connectivity index (χ0n) is 71.0. The molecule has 52 heteroatoms. The van der Waals surface area contributed by atoms with Crippen LogP contribution >= 0.6 is 11.6 Å². The third kappa shape index (κ3) is 47.1. The number of hydrogen-bond donors (Lipinski definition) is 27. The standard InChI is InChI=1S/C73H121ClN22O29/c1-11-36(8)60(70(122)83-28-51(104)79-26-49(102)78-25-47(77)100)95-68(120)43(22-33(2)3)88-53(106)31-84-71(123)61(38(10)98)96-69(121)45(32-97)92-72(124)59(35(6)7)94-73(125)58(34(4)5)93-54(107)29-80-50(103)27-81-62(114)37(9)85-64(116)39(14-12-13-21-75)89-66(118)41(16-19-55(108)109)91-67(119)42(17-20-56(110)111)90-65(117)40(15-18-46(76)99)86-52(105)30-82-63(115)44(23-57(112)113)87-48(101)24-74/h33-45,58-61,97-98H,11-32,75H2,1-10H3,(H2,76,99)(H2,77,100)(H,78,102)(H,79,104)(H,80,103)(H,81,114)(H,82,115)(H,83,122)(H,84,123)(H,85,116)(H,86,105)(H,87,101)(H,88,106)(H,89,118)(H,90,117)(H,91,119)(H,92,124)(H,93,107)(H,94,125)(H,95,120)(H,96,121)(H,108,109)(H,110,111)(H,112,113)/t36-,37-,38+,39-,40-,41-,42-,43-,44-,45-,58-,59-,60-,61-/m0/s1. The largest absolute Gasteiger partial charge is 0.481 e. The first-order valence-electron chi connectivity index (χ1n) is 39.7. The Kier molecular flexibility index (Phi) is 53.3. The first kappa shape index (κ1) is 112. The number of carbonyl (C=O) groups excluding carboxylic acids is 21. The molecule has 0 aliphatic carbocycles. The van der Waals surface area contributed by atoms with Gasteiger partial charge in [-0.1, -0.05) is 61.8 Å². The fraction of sp³-hybridized carbons (Fsp3) is 0.671. The van der Waals surface area contributed by atoms with E-state index in [1.54, 1.807) is 27.7 Å². The van der Waals surface area contributed by atoms with Crippen LogP contribution in [-0.4, -0.2) is 311 Å². The second-order valence-electron chi connectivity index (χ2n) is 29.8. The lowest BCUT2D eigenvalue weighted by Gasteiger charge is -2.29. The Morgan fingerprint density at radius 3 is 1.13 bits per heavy atom. The number of primary amides is 2. The highest BCUT2D eigenvalue weighted by Crippen LogP contribution is 2.14. The van der Waals surface area contributed by atoms with Crippen LogP contribution in [0.5, 0.6) is 0 Å². The SMILES string of the molecule is CC[C@H](C)[C@H](NC(=O)[C@H](CC(C)C)NC(=O)CNC(=O)[C@@H](NC(=O)[C@H](CO)NC(=O)[C@@H](NC(=O)[C@@H](NC(=O)CNC(=O)CNC(=O)[C@H](C)NC(=O)[C@H](CCCCN)NC(=O)[C@H](CCC(=O)O)NC(=O)[C@H](CCC(=O)O)NC(=O)[C@H](CCC(N)=O)NC(=O)CNC(=O)[C@H](CC(=O)O)NC(=O)CCl)C(C)C)C(C)C)[C@@H](C)O)C(=O)NCC(=O)NCC(=O)NCC(N)=O. The van der Waals surface area contributed by atoms with Gasteiger partial charge in [0.1, 0.15) is 78.4 Å². The van der Waals surface area contributed by atoms with Gasteiger partial charge in [0.15, 0.2) is 0 Å².